The number of rotatable bonds is 4. The van der Waals surface area contributed by atoms with Crippen LogP contribution in [0.5, 0.6) is 0 Å². The van der Waals surface area contributed by atoms with Crippen molar-refractivity contribution in [2.24, 2.45) is 0 Å². The highest BCUT2D eigenvalue weighted by molar-refractivity contribution is 7.99. The fourth-order valence-electron chi connectivity index (χ4n) is 2.19. The van der Waals surface area contributed by atoms with Gasteiger partial charge < -0.3 is 4.74 Å². The summed E-state index contributed by atoms with van der Waals surface area (Å²) in [6, 6.07) is 5.05. The summed E-state index contributed by atoms with van der Waals surface area (Å²) in [5.41, 5.74) is 0.870. The third-order valence-electron chi connectivity index (χ3n) is 3.42. The first kappa shape index (κ1) is 14.3. The number of benzene rings is 1. The maximum Gasteiger partial charge on any atom is 0.337 e. The molecule has 19 heavy (non-hydrogen) atoms. The Morgan fingerprint density at radius 2 is 2.37 bits per heavy atom. The van der Waals surface area contributed by atoms with E-state index < -0.39 is 5.97 Å². The predicted molar refractivity (Wildman–Crippen MR) is 74.9 cm³/mol. The van der Waals surface area contributed by atoms with Crippen LogP contribution in [0, 0.1) is 5.82 Å². The van der Waals surface area contributed by atoms with E-state index in [2.05, 4.69) is 9.64 Å². The molecule has 1 aromatic rings. The van der Waals surface area contributed by atoms with Crippen molar-refractivity contribution in [1.29, 1.82) is 0 Å². The van der Waals surface area contributed by atoms with E-state index in [-0.39, 0.29) is 11.4 Å². The largest absolute Gasteiger partial charge is 0.465 e. The minimum Gasteiger partial charge on any atom is -0.465 e. The van der Waals surface area contributed by atoms with E-state index in [9.17, 15) is 9.18 Å². The van der Waals surface area contributed by atoms with Gasteiger partial charge in [0.1, 0.15) is 5.82 Å². The SMILES string of the molecule is COC(=O)c1ccc(CN(C)[C@H]2CCSC2)c(F)c1. The van der Waals surface area contributed by atoms with Crippen molar-refractivity contribution in [3.8, 4) is 0 Å². The standard InChI is InChI=1S/C14H18FNO2S/c1-16(12-5-6-19-9-12)8-11-4-3-10(7-13(11)15)14(17)18-2/h3-4,7,12H,5-6,8-9H2,1-2H3/t12-/m0/s1. The quantitative estimate of drug-likeness (QED) is 0.794. The first-order valence-corrected chi connectivity index (χ1v) is 7.42. The summed E-state index contributed by atoms with van der Waals surface area (Å²) in [7, 11) is 3.31. The molecule has 0 aliphatic carbocycles. The topological polar surface area (TPSA) is 29.5 Å². The summed E-state index contributed by atoms with van der Waals surface area (Å²) >= 11 is 1.94. The molecule has 3 nitrogen and oxygen atoms in total. The number of nitrogens with zero attached hydrogens (tertiary/aromatic N) is 1. The van der Waals surface area contributed by atoms with Gasteiger partial charge in [-0.15, -0.1) is 0 Å². The molecule has 1 saturated heterocycles. The van der Waals surface area contributed by atoms with E-state index in [0.717, 1.165) is 12.2 Å². The molecule has 0 radical (unpaired) electrons. The Kier molecular flexibility index (Phi) is 4.82. The number of esters is 1. The highest BCUT2D eigenvalue weighted by Gasteiger charge is 2.21. The third-order valence-corrected chi connectivity index (χ3v) is 4.57. The minimum absolute atomic E-state index is 0.253. The van der Waals surface area contributed by atoms with Gasteiger partial charge in [0.05, 0.1) is 12.7 Å². The van der Waals surface area contributed by atoms with Crippen molar-refractivity contribution in [3.05, 3.63) is 35.1 Å². The van der Waals surface area contributed by atoms with Crippen LogP contribution in [-0.4, -0.2) is 42.6 Å². The average Bonchev–Trinajstić information content (AvgIpc) is 2.94. The van der Waals surface area contributed by atoms with Crippen LogP contribution in [0.25, 0.3) is 0 Å². The number of hydrogen-bond donors (Lipinski definition) is 0. The fraction of sp³-hybridized carbons (Fsp3) is 0.500. The van der Waals surface area contributed by atoms with Gasteiger partial charge in [-0.25, -0.2) is 9.18 Å². The van der Waals surface area contributed by atoms with E-state index in [4.69, 9.17) is 0 Å². The van der Waals surface area contributed by atoms with Crippen molar-refractivity contribution in [2.45, 2.75) is 19.0 Å². The summed E-state index contributed by atoms with van der Waals surface area (Å²) in [6.45, 7) is 0.568. The molecule has 2 rings (SSSR count). The van der Waals surface area contributed by atoms with Gasteiger partial charge in [-0.1, -0.05) is 6.07 Å². The van der Waals surface area contributed by atoms with Crippen LogP contribution in [0.3, 0.4) is 0 Å². The van der Waals surface area contributed by atoms with Gasteiger partial charge in [0, 0.05) is 23.9 Å². The summed E-state index contributed by atoms with van der Waals surface area (Å²) in [5.74, 6) is 1.43. The van der Waals surface area contributed by atoms with Crippen LogP contribution >= 0.6 is 11.8 Å². The van der Waals surface area contributed by atoms with E-state index in [0.29, 0.717) is 18.2 Å². The summed E-state index contributed by atoms with van der Waals surface area (Å²) in [5, 5.41) is 0. The smallest absolute Gasteiger partial charge is 0.337 e. The van der Waals surface area contributed by atoms with Gasteiger partial charge in [0.25, 0.3) is 0 Å². The Hall–Kier alpha value is -1.07. The molecule has 1 fully saturated rings. The monoisotopic (exact) mass is 283 g/mol. The van der Waals surface area contributed by atoms with Crippen LogP contribution < -0.4 is 0 Å². The Morgan fingerprint density at radius 3 is 2.95 bits per heavy atom. The van der Waals surface area contributed by atoms with Gasteiger partial charge in [0.2, 0.25) is 0 Å². The first-order chi connectivity index (χ1) is 9.11. The lowest BCUT2D eigenvalue weighted by molar-refractivity contribution is 0.0600. The summed E-state index contributed by atoms with van der Waals surface area (Å²) in [6.07, 6.45) is 1.16. The number of methoxy groups -OCH3 is 1. The number of hydrogen-bond acceptors (Lipinski definition) is 4. The molecule has 0 spiro atoms. The lowest BCUT2D eigenvalue weighted by Crippen LogP contribution is -2.31. The number of ether oxygens (including phenoxy) is 1. The van der Waals surface area contributed by atoms with Crippen molar-refractivity contribution >= 4 is 17.7 Å². The molecule has 5 heteroatoms. The average molecular weight is 283 g/mol. The van der Waals surface area contributed by atoms with Gasteiger partial charge >= 0.3 is 5.97 Å². The lowest BCUT2D eigenvalue weighted by Gasteiger charge is -2.23. The zero-order valence-corrected chi connectivity index (χ0v) is 12.0. The molecule has 0 amide bonds. The molecule has 1 aromatic carbocycles. The first-order valence-electron chi connectivity index (χ1n) is 6.26. The molecule has 0 saturated carbocycles. The zero-order valence-electron chi connectivity index (χ0n) is 11.2. The van der Waals surface area contributed by atoms with Gasteiger partial charge in [-0.2, -0.15) is 11.8 Å². The van der Waals surface area contributed by atoms with E-state index >= 15 is 0 Å². The maximum atomic E-state index is 14.0. The van der Waals surface area contributed by atoms with E-state index in [1.807, 2.05) is 18.8 Å². The fourth-order valence-corrected chi connectivity index (χ4v) is 3.49. The highest BCUT2D eigenvalue weighted by atomic mass is 32.2. The van der Waals surface area contributed by atoms with Crippen LogP contribution in [0.4, 0.5) is 4.39 Å². The van der Waals surface area contributed by atoms with Gasteiger partial charge in [0.15, 0.2) is 0 Å². The second kappa shape index (κ2) is 6.39. The molecule has 1 aliphatic rings. The lowest BCUT2D eigenvalue weighted by atomic mass is 10.1. The maximum absolute atomic E-state index is 14.0. The Labute approximate surface area is 117 Å². The third kappa shape index (κ3) is 3.48. The van der Waals surface area contributed by atoms with Crippen molar-refractivity contribution < 1.29 is 13.9 Å². The van der Waals surface area contributed by atoms with Crippen LogP contribution in [0.2, 0.25) is 0 Å². The number of thioether (sulfide) groups is 1. The summed E-state index contributed by atoms with van der Waals surface area (Å²) < 4.78 is 18.5. The van der Waals surface area contributed by atoms with E-state index in [1.54, 1.807) is 12.1 Å². The van der Waals surface area contributed by atoms with Crippen molar-refractivity contribution in [3.63, 3.8) is 0 Å². The molecule has 0 bridgehead atoms. The van der Waals surface area contributed by atoms with Crippen LogP contribution in [0.15, 0.2) is 18.2 Å². The second-order valence-corrected chi connectivity index (χ2v) is 5.88. The molecule has 104 valence electrons. The number of carbonyl (C=O) groups excluding carboxylic acids is 1. The van der Waals surface area contributed by atoms with E-state index in [1.165, 1.54) is 18.9 Å². The molecule has 0 aromatic heterocycles. The highest BCUT2D eigenvalue weighted by Crippen LogP contribution is 2.23. The van der Waals surface area contributed by atoms with Crippen molar-refractivity contribution in [2.75, 3.05) is 25.7 Å². The normalized spacial score (nSPS) is 18.8. The Morgan fingerprint density at radius 1 is 1.58 bits per heavy atom. The Balaban J connectivity index is 2.06. The molecule has 0 unspecified atom stereocenters. The molecule has 1 aliphatic heterocycles. The molecule has 1 heterocycles. The van der Waals surface area contributed by atoms with Crippen molar-refractivity contribution in [1.82, 2.24) is 4.90 Å². The van der Waals surface area contributed by atoms with Gasteiger partial charge in [-0.05, 0) is 31.4 Å². The summed E-state index contributed by atoms with van der Waals surface area (Å²) in [4.78, 5) is 13.5. The van der Waals surface area contributed by atoms with Crippen LogP contribution in [-0.2, 0) is 11.3 Å². The second-order valence-electron chi connectivity index (χ2n) is 4.73. The van der Waals surface area contributed by atoms with Crippen LogP contribution in [0.1, 0.15) is 22.3 Å². The zero-order chi connectivity index (χ0) is 13.8. The van der Waals surface area contributed by atoms with Gasteiger partial charge in [-0.3, -0.25) is 4.90 Å². The minimum atomic E-state index is -0.508. The number of halogens is 1. The molecular weight excluding hydrogens is 265 g/mol. The number of carbonyl (C=O) groups is 1. The molecule has 0 N–H and O–H groups in total. The molecule has 1 atom stereocenters. The predicted octanol–water partition coefficient (Wildman–Crippen LogP) is 2.55. The Bertz CT molecular complexity index is 461. The molecular formula is C14H18FNO2S.